The molecule has 0 aromatic heterocycles. The summed E-state index contributed by atoms with van der Waals surface area (Å²) in [6.45, 7) is 4.49. The Balaban J connectivity index is 2.12. The van der Waals surface area contributed by atoms with Crippen LogP contribution in [0.5, 0.6) is 0 Å². The minimum Gasteiger partial charge on any atom is -0.376 e. The van der Waals surface area contributed by atoms with Gasteiger partial charge in [-0.2, -0.15) is 13.2 Å². The van der Waals surface area contributed by atoms with E-state index in [-0.39, 0.29) is 6.10 Å². The lowest BCUT2D eigenvalue weighted by Gasteiger charge is -2.31. The molecule has 0 bridgehead atoms. The predicted octanol–water partition coefficient (Wildman–Crippen LogP) is 2.88. The van der Waals surface area contributed by atoms with Gasteiger partial charge in [-0.25, -0.2) is 0 Å². The number of hydrogen-bond acceptors (Lipinski definition) is 4. The highest BCUT2D eigenvalue weighted by atomic mass is 19.4. The fourth-order valence-electron chi connectivity index (χ4n) is 2.47. The molecule has 1 aliphatic rings. The molecule has 1 atom stereocenters. The number of halogens is 3. The van der Waals surface area contributed by atoms with Gasteiger partial charge in [-0.05, 0) is 25.0 Å². The summed E-state index contributed by atoms with van der Waals surface area (Å²) >= 11 is 0. The molecule has 2 rings (SSSR count). The average Bonchev–Trinajstić information content (AvgIpc) is 2.44. The van der Waals surface area contributed by atoms with Crippen LogP contribution in [0.3, 0.4) is 0 Å². The number of nitrogens with zero attached hydrogens (tertiary/aromatic N) is 2. The molecule has 0 amide bonds. The monoisotopic (exact) mass is 318 g/mol. The lowest BCUT2D eigenvalue weighted by Crippen LogP contribution is -2.41. The Morgan fingerprint density at radius 3 is 2.73 bits per heavy atom. The zero-order valence-corrected chi connectivity index (χ0v) is 12.1. The van der Waals surface area contributed by atoms with Gasteiger partial charge in [0.2, 0.25) is 0 Å². The summed E-state index contributed by atoms with van der Waals surface area (Å²) in [5.41, 5.74) is -1.19. The van der Waals surface area contributed by atoms with Crippen molar-refractivity contribution in [3.63, 3.8) is 0 Å². The van der Waals surface area contributed by atoms with Crippen molar-refractivity contribution in [3.05, 3.63) is 39.4 Å². The molecule has 8 heteroatoms. The van der Waals surface area contributed by atoms with Crippen molar-refractivity contribution in [2.75, 3.05) is 26.2 Å². The van der Waals surface area contributed by atoms with Crippen LogP contribution in [0, 0.1) is 10.1 Å². The number of ether oxygens (including phenoxy) is 1. The van der Waals surface area contributed by atoms with E-state index in [4.69, 9.17) is 4.74 Å². The van der Waals surface area contributed by atoms with E-state index in [2.05, 4.69) is 4.90 Å². The first kappa shape index (κ1) is 16.7. The van der Waals surface area contributed by atoms with Crippen LogP contribution in [0.25, 0.3) is 0 Å². The lowest BCUT2D eigenvalue weighted by molar-refractivity contribution is -0.385. The molecule has 22 heavy (non-hydrogen) atoms. The van der Waals surface area contributed by atoms with Gasteiger partial charge in [0.25, 0.3) is 5.69 Å². The number of nitro benzene ring substituents is 1. The SMILES string of the molecule is CC1CN(CCc2cc([N+](=O)[O-])cc(C(F)(F)F)c2)CCO1. The summed E-state index contributed by atoms with van der Waals surface area (Å²) in [5, 5.41) is 10.8. The Hall–Kier alpha value is -1.67. The van der Waals surface area contributed by atoms with E-state index < -0.39 is 22.4 Å². The largest absolute Gasteiger partial charge is 0.416 e. The van der Waals surface area contributed by atoms with Crippen LogP contribution in [-0.2, 0) is 17.3 Å². The van der Waals surface area contributed by atoms with Crippen molar-refractivity contribution in [2.45, 2.75) is 25.6 Å². The molecule has 1 aliphatic heterocycles. The summed E-state index contributed by atoms with van der Waals surface area (Å²) in [7, 11) is 0. The van der Waals surface area contributed by atoms with Crippen LogP contribution in [-0.4, -0.2) is 42.2 Å². The Bertz CT molecular complexity index is 549. The highest BCUT2D eigenvalue weighted by molar-refractivity contribution is 5.40. The molecule has 0 saturated carbocycles. The van der Waals surface area contributed by atoms with Crippen molar-refractivity contribution < 1.29 is 22.8 Å². The van der Waals surface area contributed by atoms with Gasteiger partial charge in [0.05, 0.1) is 23.2 Å². The average molecular weight is 318 g/mol. The summed E-state index contributed by atoms with van der Waals surface area (Å²) in [6, 6.07) is 2.76. The highest BCUT2D eigenvalue weighted by Crippen LogP contribution is 2.32. The van der Waals surface area contributed by atoms with Gasteiger partial charge >= 0.3 is 6.18 Å². The van der Waals surface area contributed by atoms with E-state index in [0.29, 0.717) is 44.3 Å². The summed E-state index contributed by atoms with van der Waals surface area (Å²) in [5.74, 6) is 0. The van der Waals surface area contributed by atoms with Crippen molar-refractivity contribution in [1.82, 2.24) is 4.90 Å². The fraction of sp³-hybridized carbons (Fsp3) is 0.571. The Morgan fingerprint density at radius 2 is 2.14 bits per heavy atom. The van der Waals surface area contributed by atoms with Gasteiger partial charge in [0.15, 0.2) is 0 Å². The number of hydrogen-bond donors (Lipinski definition) is 0. The summed E-state index contributed by atoms with van der Waals surface area (Å²) < 4.78 is 43.8. The molecule has 1 aromatic carbocycles. The first-order valence-electron chi connectivity index (χ1n) is 6.95. The summed E-state index contributed by atoms with van der Waals surface area (Å²) in [6.07, 6.45) is -4.17. The van der Waals surface area contributed by atoms with Crippen LogP contribution in [0.4, 0.5) is 18.9 Å². The van der Waals surface area contributed by atoms with Crippen molar-refractivity contribution in [1.29, 1.82) is 0 Å². The molecule has 1 heterocycles. The Kier molecular flexibility index (Phi) is 5.02. The number of alkyl halides is 3. The van der Waals surface area contributed by atoms with Crippen LogP contribution in [0.1, 0.15) is 18.1 Å². The highest BCUT2D eigenvalue weighted by Gasteiger charge is 2.32. The maximum Gasteiger partial charge on any atom is 0.416 e. The number of rotatable bonds is 4. The topological polar surface area (TPSA) is 55.6 Å². The minimum atomic E-state index is -4.59. The van der Waals surface area contributed by atoms with Gasteiger partial charge in [-0.15, -0.1) is 0 Å². The molecule has 122 valence electrons. The van der Waals surface area contributed by atoms with Crippen LogP contribution < -0.4 is 0 Å². The molecule has 0 spiro atoms. The smallest absolute Gasteiger partial charge is 0.376 e. The molecule has 5 nitrogen and oxygen atoms in total. The van der Waals surface area contributed by atoms with Crippen LogP contribution >= 0.6 is 0 Å². The molecule has 1 fully saturated rings. The third-order valence-electron chi connectivity index (χ3n) is 3.56. The third-order valence-corrected chi connectivity index (χ3v) is 3.56. The zero-order chi connectivity index (χ0) is 16.3. The second-order valence-electron chi connectivity index (χ2n) is 5.38. The predicted molar refractivity (Wildman–Crippen MR) is 73.7 cm³/mol. The van der Waals surface area contributed by atoms with Crippen molar-refractivity contribution >= 4 is 5.69 Å². The van der Waals surface area contributed by atoms with E-state index in [0.717, 1.165) is 6.07 Å². The van der Waals surface area contributed by atoms with E-state index in [1.54, 1.807) is 0 Å². The van der Waals surface area contributed by atoms with Gasteiger partial charge in [-0.1, -0.05) is 0 Å². The van der Waals surface area contributed by atoms with Gasteiger partial charge < -0.3 is 4.74 Å². The minimum absolute atomic E-state index is 0.0876. The quantitative estimate of drug-likeness (QED) is 0.633. The molecule has 1 saturated heterocycles. The lowest BCUT2D eigenvalue weighted by atomic mass is 10.1. The number of benzene rings is 1. The normalized spacial score (nSPS) is 20.1. The first-order valence-corrected chi connectivity index (χ1v) is 6.95. The number of nitro groups is 1. The number of morpholine rings is 1. The molecular formula is C14H17F3N2O3. The van der Waals surface area contributed by atoms with Gasteiger partial charge in [0.1, 0.15) is 0 Å². The fourth-order valence-corrected chi connectivity index (χ4v) is 2.47. The van der Waals surface area contributed by atoms with E-state index >= 15 is 0 Å². The van der Waals surface area contributed by atoms with Gasteiger partial charge in [0, 0.05) is 31.8 Å². The summed E-state index contributed by atoms with van der Waals surface area (Å²) in [4.78, 5) is 12.1. The second-order valence-corrected chi connectivity index (χ2v) is 5.38. The van der Waals surface area contributed by atoms with Gasteiger partial charge in [-0.3, -0.25) is 15.0 Å². The third kappa shape index (κ3) is 4.41. The Labute approximate surface area is 125 Å². The van der Waals surface area contributed by atoms with E-state index in [1.165, 1.54) is 6.07 Å². The van der Waals surface area contributed by atoms with Crippen molar-refractivity contribution in [2.24, 2.45) is 0 Å². The molecule has 0 N–H and O–H groups in total. The molecular weight excluding hydrogens is 301 g/mol. The van der Waals surface area contributed by atoms with Crippen LogP contribution in [0.15, 0.2) is 18.2 Å². The zero-order valence-electron chi connectivity index (χ0n) is 12.1. The molecule has 1 unspecified atom stereocenters. The maximum absolute atomic E-state index is 12.8. The van der Waals surface area contributed by atoms with E-state index in [1.807, 2.05) is 6.92 Å². The standard InChI is InChI=1S/C14H17F3N2O3/c1-10-9-18(4-5-22-10)3-2-11-6-12(14(15,16)17)8-13(7-11)19(20)21/h6-8,10H,2-5,9H2,1H3. The number of non-ortho nitro benzene ring substituents is 1. The second kappa shape index (κ2) is 6.62. The van der Waals surface area contributed by atoms with E-state index in [9.17, 15) is 23.3 Å². The molecule has 1 aromatic rings. The van der Waals surface area contributed by atoms with Crippen molar-refractivity contribution in [3.8, 4) is 0 Å². The molecule has 0 aliphatic carbocycles. The molecule has 0 radical (unpaired) electrons. The van der Waals surface area contributed by atoms with Crippen LogP contribution in [0.2, 0.25) is 0 Å². The maximum atomic E-state index is 12.8. The first-order chi connectivity index (χ1) is 10.3. The Morgan fingerprint density at radius 1 is 1.41 bits per heavy atom.